The van der Waals surface area contributed by atoms with Gasteiger partial charge in [0, 0.05) is 30.4 Å². The van der Waals surface area contributed by atoms with Gasteiger partial charge in [0.05, 0.1) is 29.1 Å². The van der Waals surface area contributed by atoms with Crippen LogP contribution in [0.1, 0.15) is 49.6 Å². The summed E-state index contributed by atoms with van der Waals surface area (Å²) in [6.45, 7) is 5.76. The molecule has 2 aliphatic heterocycles. The van der Waals surface area contributed by atoms with Gasteiger partial charge in [0.1, 0.15) is 5.84 Å². The first-order chi connectivity index (χ1) is 18.5. The fourth-order valence-electron chi connectivity index (χ4n) is 4.97. The molecular formula is C29H35F3N6O. The van der Waals surface area contributed by atoms with Crippen LogP contribution in [0, 0.1) is 11.8 Å². The van der Waals surface area contributed by atoms with Crippen LogP contribution >= 0.6 is 0 Å². The molecule has 0 aliphatic carbocycles. The Labute approximate surface area is 227 Å². The maximum absolute atomic E-state index is 14.2. The molecule has 1 amide bonds. The second-order valence-electron chi connectivity index (χ2n) is 10.4. The molecule has 1 saturated heterocycles. The Kier molecular flexibility index (Phi) is 8.84. The SMILES string of the molecule is CC1C=C(C(F)(F)F)/C(=C\Cc2nccnc2CC(N)=O)N=C(Nc2ccc(C3CCN(C)CC3)cc2)C1C. The van der Waals surface area contributed by atoms with Crippen molar-refractivity contribution in [3.8, 4) is 0 Å². The molecule has 3 heterocycles. The highest BCUT2D eigenvalue weighted by molar-refractivity contribution is 5.98. The Morgan fingerprint density at radius 1 is 1.10 bits per heavy atom. The van der Waals surface area contributed by atoms with Gasteiger partial charge in [0.25, 0.3) is 0 Å². The molecule has 2 atom stereocenters. The van der Waals surface area contributed by atoms with Gasteiger partial charge < -0.3 is 16.0 Å². The topological polar surface area (TPSA) is 96.5 Å². The molecule has 0 saturated carbocycles. The summed E-state index contributed by atoms with van der Waals surface area (Å²) in [5.74, 6) is -0.336. The van der Waals surface area contributed by atoms with Crippen molar-refractivity contribution in [3.05, 3.63) is 77.0 Å². The summed E-state index contributed by atoms with van der Waals surface area (Å²) in [5, 5.41) is 3.29. The van der Waals surface area contributed by atoms with Crippen LogP contribution in [0.25, 0.3) is 0 Å². The predicted molar refractivity (Wildman–Crippen MR) is 146 cm³/mol. The molecule has 1 fully saturated rings. The molecule has 1 aromatic heterocycles. The van der Waals surface area contributed by atoms with E-state index in [9.17, 15) is 18.0 Å². The zero-order chi connectivity index (χ0) is 28.2. The zero-order valence-corrected chi connectivity index (χ0v) is 22.5. The van der Waals surface area contributed by atoms with Crippen LogP contribution in [0.3, 0.4) is 0 Å². The van der Waals surface area contributed by atoms with Gasteiger partial charge >= 0.3 is 6.18 Å². The van der Waals surface area contributed by atoms with Crippen LogP contribution in [0.2, 0.25) is 0 Å². The lowest BCUT2D eigenvalue weighted by Gasteiger charge is -2.29. The van der Waals surface area contributed by atoms with Crippen molar-refractivity contribution in [2.45, 2.75) is 51.6 Å². The van der Waals surface area contributed by atoms with Crippen LogP contribution in [-0.2, 0) is 17.6 Å². The number of carbonyl (C=O) groups excluding carboxylic acids is 1. The molecule has 39 heavy (non-hydrogen) atoms. The highest BCUT2D eigenvalue weighted by atomic mass is 19.4. The van der Waals surface area contributed by atoms with E-state index in [0.29, 0.717) is 23.1 Å². The number of primary amides is 1. The van der Waals surface area contributed by atoms with Crippen molar-refractivity contribution in [1.29, 1.82) is 0 Å². The summed E-state index contributed by atoms with van der Waals surface area (Å²) in [4.78, 5) is 26.6. The van der Waals surface area contributed by atoms with E-state index in [1.165, 1.54) is 30.1 Å². The first kappa shape index (κ1) is 28.5. The minimum absolute atomic E-state index is 0.0179. The second kappa shape index (κ2) is 12.1. The minimum Gasteiger partial charge on any atom is -0.369 e. The Morgan fingerprint density at radius 2 is 1.74 bits per heavy atom. The molecule has 208 valence electrons. The second-order valence-corrected chi connectivity index (χ2v) is 10.4. The van der Waals surface area contributed by atoms with Crippen molar-refractivity contribution < 1.29 is 18.0 Å². The fraction of sp³-hybridized carbons (Fsp3) is 0.448. The number of aromatic nitrogens is 2. The van der Waals surface area contributed by atoms with Gasteiger partial charge in [0.2, 0.25) is 5.91 Å². The predicted octanol–water partition coefficient (Wildman–Crippen LogP) is 5.03. The molecule has 2 aromatic rings. The molecule has 1 aromatic carbocycles. The third-order valence-corrected chi connectivity index (χ3v) is 7.54. The molecular weight excluding hydrogens is 505 g/mol. The molecule has 0 radical (unpaired) electrons. The van der Waals surface area contributed by atoms with E-state index in [1.807, 2.05) is 19.1 Å². The highest BCUT2D eigenvalue weighted by Gasteiger charge is 2.39. The average Bonchev–Trinajstić information content (AvgIpc) is 3.00. The summed E-state index contributed by atoms with van der Waals surface area (Å²) in [6, 6.07) is 8.12. The monoisotopic (exact) mass is 540 g/mol. The third-order valence-electron chi connectivity index (χ3n) is 7.54. The molecule has 0 bridgehead atoms. The fourth-order valence-corrected chi connectivity index (χ4v) is 4.97. The van der Waals surface area contributed by atoms with E-state index in [1.54, 1.807) is 6.92 Å². The summed E-state index contributed by atoms with van der Waals surface area (Å²) in [5.41, 5.74) is 7.07. The number of amides is 1. The summed E-state index contributed by atoms with van der Waals surface area (Å²) in [6.07, 6.45) is 2.98. The Balaban J connectivity index is 1.62. The lowest BCUT2D eigenvalue weighted by molar-refractivity contribution is -0.117. The number of nitrogens with zero attached hydrogens (tertiary/aromatic N) is 4. The number of piperidine rings is 1. The maximum Gasteiger partial charge on any atom is 0.418 e. The summed E-state index contributed by atoms with van der Waals surface area (Å²) in [7, 11) is 2.13. The highest BCUT2D eigenvalue weighted by Crippen LogP contribution is 2.37. The van der Waals surface area contributed by atoms with Gasteiger partial charge in [-0.1, -0.05) is 38.1 Å². The van der Waals surface area contributed by atoms with Gasteiger partial charge in [-0.3, -0.25) is 14.8 Å². The lowest BCUT2D eigenvalue weighted by Crippen LogP contribution is -2.29. The van der Waals surface area contributed by atoms with Crippen LogP contribution in [0.15, 0.2) is 65.1 Å². The Morgan fingerprint density at radius 3 is 2.36 bits per heavy atom. The van der Waals surface area contributed by atoms with E-state index in [2.05, 4.69) is 44.4 Å². The van der Waals surface area contributed by atoms with Gasteiger partial charge in [-0.05, 0) is 62.5 Å². The summed E-state index contributed by atoms with van der Waals surface area (Å²) < 4.78 is 42.5. The molecule has 7 nitrogen and oxygen atoms in total. The van der Waals surface area contributed by atoms with E-state index >= 15 is 0 Å². The number of anilines is 1. The molecule has 2 unspecified atom stereocenters. The number of rotatable bonds is 6. The van der Waals surface area contributed by atoms with E-state index in [-0.39, 0.29) is 24.5 Å². The molecule has 2 aliphatic rings. The first-order valence-corrected chi connectivity index (χ1v) is 13.2. The van der Waals surface area contributed by atoms with Crippen molar-refractivity contribution in [2.24, 2.45) is 22.6 Å². The van der Waals surface area contributed by atoms with E-state index in [0.717, 1.165) is 31.6 Å². The molecule has 3 N–H and O–H groups in total. The number of carbonyl (C=O) groups is 1. The number of nitrogens with two attached hydrogens (primary N) is 1. The molecule has 0 spiro atoms. The number of nitrogens with one attached hydrogen (secondary N) is 1. The Bertz CT molecular complexity index is 1260. The van der Waals surface area contributed by atoms with Crippen molar-refractivity contribution in [1.82, 2.24) is 14.9 Å². The smallest absolute Gasteiger partial charge is 0.369 e. The summed E-state index contributed by atoms with van der Waals surface area (Å²) >= 11 is 0. The number of hydrogen-bond donors (Lipinski definition) is 2. The van der Waals surface area contributed by atoms with Gasteiger partial charge in [0.15, 0.2) is 0 Å². The first-order valence-electron chi connectivity index (χ1n) is 13.2. The lowest BCUT2D eigenvalue weighted by atomic mass is 9.89. The van der Waals surface area contributed by atoms with Crippen molar-refractivity contribution >= 4 is 17.4 Å². The van der Waals surface area contributed by atoms with Crippen LogP contribution < -0.4 is 11.1 Å². The number of halogens is 3. The minimum atomic E-state index is -4.59. The van der Waals surface area contributed by atoms with Crippen molar-refractivity contribution in [3.63, 3.8) is 0 Å². The number of hydrogen-bond acceptors (Lipinski definition) is 6. The molecule has 4 rings (SSSR count). The quantitative estimate of drug-likeness (QED) is 0.536. The largest absolute Gasteiger partial charge is 0.418 e. The molecule has 10 heteroatoms. The van der Waals surface area contributed by atoms with Crippen molar-refractivity contribution in [2.75, 3.05) is 25.5 Å². The van der Waals surface area contributed by atoms with Crippen LogP contribution in [0.4, 0.5) is 18.9 Å². The maximum atomic E-state index is 14.2. The number of likely N-dealkylation sites (tertiary alicyclic amines) is 1. The number of allylic oxidation sites excluding steroid dienone is 3. The normalized spacial score (nSPS) is 22.3. The number of aliphatic imine (C=N–C) groups is 1. The van der Waals surface area contributed by atoms with Gasteiger partial charge in [-0.2, -0.15) is 13.2 Å². The van der Waals surface area contributed by atoms with E-state index in [4.69, 9.17) is 5.73 Å². The van der Waals surface area contributed by atoms with Gasteiger partial charge in [-0.25, -0.2) is 4.99 Å². The average molecular weight is 541 g/mol. The number of amidine groups is 1. The van der Waals surface area contributed by atoms with Crippen LogP contribution in [0.5, 0.6) is 0 Å². The zero-order valence-electron chi connectivity index (χ0n) is 22.5. The van der Waals surface area contributed by atoms with E-state index < -0.39 is 23.6 Å². The number of benzene rings is 1. The third kappa shape index (κ3) is 7.32. The van der Waals surface area contributed by atoms with Crippen LogP contribution in [-0.4, -0.2) is 52.9 Å². The number of alkyl halides is 3. The van der Waals surface area contributed by atoms with Gasteiger partial charge in [-0.15, -0.1) is 0 Å². The standard InChI is InChI=1S/C29H35F3N6O/c1-18-16-23(29(30,31)32)24(8-9-25-26(17-27(33)39)35-13-12-34-25)37-28(19(18)2)36-22-6-4-20(5-7-22)21-10-14-38(3)15-11-21/h4-8,12-13,16,18-19,21H,9-11,14-15,17H2,1-3H3,(H2,33,39)(H,36,37)/b24-8+. The Hall–Kier alpha value is -3.53.